The van der Waals surface area contributed by atoms with Gasteiger partial charge in [-0.15, -0.1) is 0 Å². The van der Waals surface area contributed by atoms with E-state index in [0.717, 1.165) is 16.1 Å². The largest absolute Gasteiger partial charge is 0.495 e. The zero-order valence-corrected chi connectivity index (χ0v) is 15.5. The molecule has 0 bridgehead atoms. The third-order valence-corrected chi connectivity index (χ3v) is 4.95. The van der Waals surface area contributed by atoms with E-state index < -0.39 is 22.0 Å². The number of hydrogen-bond donors (Lipinski definition) is 1. The van der Waals surface area contributed by atoms with Crippen molar-refractivity contribution in [3.05, 3.63) is 54.1 Å². The highest BCUT2D eigenvalue weighted by Crippen LogP contribution is 2.26. The fraction of sp³-hybridized carbons (Fsp3) is 0.278. The first-order valence-electron chi connectivity index (χ1n) is 7.74. The summed E-state index contributed by atoms with van der Waals surface area (Å²) in [6.07, 6.45) is 1.08. The molecule has 0 aliphatic carbocycles. The van der Waals surface area contributed by atoms with Gasteiger partial charge in [0.15, 0.2) is 0 Å². The van der Waals surface area contributed by atoms with Gasteiger partial charge in [0.05, 0.1) is 24.7 Å². The number of sulfonamides is 1. The van der Waals surface area contributed by atoms with E-state index >= 15 is 0 Å². The summed E-state index contributed by atoms with van der Waals surface area (Å²) >= 11 is 0. The van der Waals surface area contributed by atoms with Gasteiger partial charge < -0.3 is 10.1 Å². The Kier molecular flexibility index (Phi) is 5.69. The minimum absolute atomic E-state index is 0.434. The second-order valence-corrected chi connectivity index (χ2v) is 7.62. The Morgan fingerprint density at radius 3 is 2.36 bits per heavy atom. The van der Waals surface area contributed by atoms with E-state index in [0.29, 0.717) is 17.1 Å². The van der Waals surface area contributed by atoms with E-state index in [2.05, 4.69) is 5.32 Å². The van der Waals surface area contributed by atoms with Crippen LogP contribution in [0.25, 0.3) is 0 Å². The van der Waals surface area contributed by atoms with Crippen molar-refractivity contribution in [2.24, 2.45) is 0 Å². The third kappa shape index (κ3) is 4.51. The third-order valence-electron chi connectivity index (χ3n) is 3.71. The van der Waals surface area contributed by atoms with Crippen molar-refractivity contribution in [1.29, 1.82) is 0 Å². The Labute approximate surface area is 148 Å². The second-order valence-electron chi connectivity index (χ2n) is 5.76. The number of carbonyl (C=O) groups excluding carboxylic acids is 1. The maximum atomic E-state index is 12.7. The molecule has 0 heterocycles. The summed E-state index contributed by atoms with van der Waals surface area (Å²) in [6.45, 7) is 3.44. The van der Waals surface area contributed by atoms with Crippen molar-refractivity contribution in [3.8, 4) is 5.75 Å². The van der Waals surface area contributed by atoms with Crippen LogP contribution in [0.3, 0.4) is 0 Å². The zero-order chi connectivity index (χ0) is 18.6. The first-order valence-corrected chi connectivity index (χ1v) is 9.59. The van der Waals surface area contributed by atoms with Gasteiger partial charge >= 0.3 is 0 Å². The summed E-state index contributed by atoms with van der Waals surface area (Å²) in [5.74, 6) is 0.0648. The maximum Gasteiger partial charge on any atom is 0.248 e. The number of ether oxygens (including phenoxy) is 1. The molecule has 2 aromatic carbocycles. The van der Waals surface area contributed by atoms with Crippen LogP contribution < -0.4 is 14.4 Å². The van der Waals surface area contributed by atoms with E-state index in [1.165, 1.54) is 7.11 Å². The lowest BCUT2D eigenvalue weighted by Gasteiger charge is -2.28. The molecule has 0 fully saturated rings. The van der Waals surface area contributed by atoms with Crippen LogP contribution in [0.15, 0.2) is 48.5 Å². The van der Waals surface area contributed by atoms with Gasteiger partial charge in [-0.25, -0.2) is 8.42 Å². The van der Waals surface area contributed by atoms with Gasteiger partial charge in [-0.1, -0.05) is 24.3 Å². The number of methoxy groups -OCH3 is 1. The average molecular weight is 362 g/mol. The Balaban J connectivity index is 2.33. The lowest BCUT2D eigenvalue weighted by atomic mass is 10.2. The molecule has 1 amide bonds. The van der Waals surface area contributed by atoms with Crippen molar-refractivity contribution >= 4 is 27.3 Å². The van der Waals surface area contributed by atoms with Crippen molar-refractivity contribution in [1.82, 2.24) is 0 Å². The number of carbonyl (C=O) groups is 1. The highest BCUT2D eigenvalue weighted by Gasteiger charge is 2.29. The van der Waals surface area contributed by atoms with E-state index in [4.69, 9.17) is 4.74 Å². The molecule has 2 aromatic rings. The van der Waals surface area contributed by atoms with Crippen LogP contribution in [0, 0.1) is 6.92 Å². The van der Waals surface area contributed by atoms with E-state index in [1.807, 2.05) is 13.0 Å². The average Bonchev–Trinajstić information content (AvgIpc) is 2.55. The van der Waals surface area contributed by atoms with Gasteiger partial charge in [-0.2, -0.15) is 0 Å². The Morgan fingerprint density at radius 2 is 1.80 bits per heavy atom. The molecule has 0 saturated heterocycles. The van der Waals surface area contributed by atoms with Gasteiger partial charge in [-0.05, 0) is 43.7 Å². The summed E-state index contributed by atoms with van der Waals surface area (Å²) in [5.41, 5.74) is 1.89. The van der Waals surface area contributed by atoms with Gasteiger partial charge in [0, 0.05) is 0 Å². The van der Waals surface area contributed by atoms with Gasteiger partial charge in [-0.3, -0.25) is 9.10 Å². The summed E-state index contributed by atoms with van der Waals surface area (Å²) in [4.78, 5) is 12.7. The van der Waals surface area contributed by atoms with Crippen LogP contribution in [-0.4, -0.2) is 33.7 Å². The molecule has 7 heteroatoms. The quantitative estimate of drug-likeness (QED) is 0.857. The minimum Gasteiger partial charge on any atom is -0.495 e. The molecule has 2 rings (SSSR count). The van der Waals surface area contributed by atoms with Crippen molar-refractivity contribution < 1.29 is 17.9 Å². The standard InChI is InChI=1S/C18H22N2O4S/c1-13-10-11-17(24-3)16(12-13)19-18(21)14(2)20(25(4,22)23)15-8-6-5-7-9-15/h5-12,14H,1-4H3,(H,19,21)/t14-/m1/s1. The summed E-state index contributed by atoms with van der Waals surface area (Å²) in [6, 6.07) is 13.0. The fourth-order valence-corrected chi connectivity index (χ4v) is 3.72. The molecule has 0 aliphatic heterocycles. The molecule has 0 aliphatic rings. The summed E-state index contributed by atoms with van der Waals surface area (Å²) < 4.78 is 30.8. The predicted octanol–water partition coefficient (Wildman–Crippen LogP) is 2.80. The molecule has 6 nitrogen and oxygen atoms in total. The molecule has 134 valence electrons. The normalized spacial score (nSPS) is 12.3. The molecule has 0 unspecified atom stereocenters. The number of hydrogen-bond acceptors (Lipinski definition) is 4. The smallest absolute Gasteiger partial charge is 0.248 e. The van der Waals surface area contributed by atoms with E-state index in [-0.39, 0.29) is 0 Å². The van der Waals surface area contributed by atoms with Gasteiger partial charge in [0.1, 0.15) is 11.8 Å². The van der Waals surface area contributed by atoms with E-state index in [1.54, 1.807) is 49.4 Å². The molecule has 0 spiro atoms. The van der Waals surface area contributed by atoms with Crippen LogP contribution in [0.5, 0.6) is 5.75 Å². The van der Waals surface area contributed by atoms with Crippen LogP contribution in [-0.2, 0) is 14.8 Å². The number of nitrogens with one attached hydrogen (secondary N) is 1. The number of para-hydroxylation sites is 1. The second kappa shape index (κ2) is 7.57. The van der Waals surface area contributed by atoms with Crippen LogP contribution in [0.1, 0.15) is 12.5 Å². The Morgan fingerprint density at radius 1 is 1.16 bits per heavy atom. The lowest BCUT2D eigenvalue weighted by Crippen LogP contribution is -2.45. The van der Waals surface area contributed by atoms with Crippen LogP contribution >= 0.6 is 0 Å². The number of nitrogens with zero attached hydrogens (tertiary/aromatic N) is 1. The maximum absolute atomic E-state index is 12.7. The SMILES string of the molecule is COc1ccc(C)cc1NC(=O)[C@@H](C)N(c1ccccc1)S(C)(=O)=O. The van der Waals surface area contributed by atoms with Crippen LogP contribution in [0.2, 0.25) is 0 Å². The molecule has 25 heavy (non-hydrogen) atoms. The molecule has 0 radical (unpaired) electrons. The highest BCUT2D eigenvalue weighted by atomic mass is 32.2. The molecule has 0 saturated carbocycles. The number of anilines is 2. The summed E-state index contributed by atoms with van der Waals surface area (Å²) in [5, 5.41) is 2.75. The van der Waals surface area contributed by atoms with Crippen molar-refractivity contribution in [3.63, 3.8) is 0 Å². The van der Waals surface area contributed by atoms with E-state index in [9.17, 15) is 13.2 Å². The van der Waals surface area contributed by atoms with Crippen LogP contribution in [0.4, 0.5) is 11.4 Å². The molecule has 1 N–H and O–H groups in total. The molecule has 1 atom stereocenters. The monoisotopic (exact) mass is 362 g/mol. The summed E-state index contributed by atoms with van der Waals surface area (Å²) in [7, 11) is -2.13. The number of amides is 1. The topological polar surface area (TPSA) is 75.7 Å². The molecule has 0 aromatic heterocycles. The predicted molar refractivity (Wildman–Crippen MR) is 99.6 cm³/mol. The van der Waals surface area contributed by atoms with Gasteiger partial charge in [0.2, 0.25) is 15.9 Å². The lowest BCUT2D eigenvalue weighted by molar-refractivity contribution is -0.116. The number of benzene rings is 2. The molecular formula is C18H22N2O4S. The number of aryl methyl sites for hydroxylation is 1. The number of rotatable bonds is 6. The first-order chi connectivity index (χ1) is 11.7. The van der Waals surface area contributed by atoms with Crippen molar-refractivity contribution in [2.75, 3.05) is 23.0 Å². The zero-order valence-electron chi connectivity index (χ0n) is 14.7. The van der Waals surface area contributed by atoms with Gasteiger partial charge in [0.25, 0.3) is 0 Å². The Hall–Kier alpha value is -2.54. The minimum atomic E-state index is -3.64. The highest BCUT2D eigenvalue weighted by molar-refractivity contribution is 7.92. The Bertz CT molecular complexity index is 851. The van der Waals surface area contributed by atoms with Crippen molar-refractivity contribution in [2.45, 2.75) is 19.9 Å². The molecular weight excluding hydrogens is 340 g/mol. The fourth-order valence-electron chi connectivity index (χ4n) is 2.54. The first kappa shape index (κ1) is 18.8.